The Kier molecular flexibility index (Phi) is 5.42. The molecule has 0 spiro atoms. The third kappa shape index (κ3) is 4.81. The molecule has 7 heteroatoms. The molecule has 2 atom stereocenters. The zero-order chi connectivity index (χ0) is 17.9. The lowest BCUT2D eigenvalue weighted by atomic mass is 10.1. The first-order valence-corrected chi connectivity index (χ1v) is 10.6. The third-order valence-electron chi connectivity index (χ3n) is 4.90. The van der Waals surface area contributed by atoms with E-state index >= 15 is 0 Å². The second kappa shape index (κ2) is 7.56. The van der Waals surface area contributed by atoms with Crippen LogP contribution in [0, 0.1) is 5.92 Å². The number of carbonyl (C=O) groups is 2. The molecular formula is C18H24N2O4S. The zero-order valence-electron chi connectivity index (χ0n) is 14.2. The van der Waals surface area contributed by atoms with Gasteiger partial charge in [0.05, 0.1) is 17.4 Å². The lowest BCUT2D eigenvalue weighted by Crippen LogP contribution is -2.40. The first-order chi connectivity index (χ1) is 11.9. The van der Waals surface area contributed by atoms with E-state index in [0.717, 1.165) is 12.8 Å². The van der Waals surface area contributed by atoms with E-state index in [4.69, 9.17) is 0 Å². The van der Waals surface area contributed by atoms with Gasteiger partial charge in [0.15, 0.2) is 9.84 Å². The van der Waals surface area contributed by atoms with Crippen LogP contribution in [-0.2, 0) is 25.8 Å². The van der Waals surface area contributed by atoms with E-state index in [1.165, 1.54) is 5.56 Å². The molecule has 1 N–H and O–H groups in total. The Morgan fingerprint density at radius 2 is 2.00 bits per heavy atom. The quantitative estimate of drug-likeness (QED) is 0.808. The molecule has 6 nitrogen and oxygen atoms in total. The minimum absolute atomic E-state index is 0.00672. The van der Waals surface area contributed by atoms with Gasteiger partial charge < -0.3 is 10.2 Å². The first kappa shape index (κ1) is 17.9. The summed E-state index contributed by atoms with van der Waals surface area (Å²) in [5.74, 6) is -0.409. The van der Waals surface area contributed by atoms with E-state index in [1.807, 2.05) is 18.2 Å². The van der Waals surface area contributed by atoms with Crippen LogP contribution < -0.4 is 5.32 Å². The van der Waals surface area contributed by atoms with Crippen molar-refractivity contribution in [2.45, 2.75) is 31.7 Å². The Labute approximate surface area is 148 Å². The van der Waals surface area contributed by atoms with Gasteiger partial charge in [-0.1, -0.05) is 30.3 Å². The fraction of sp³-hybridized carbons (Fsp3) is 0.556. The van der Waals surface area contributed by atoms with E-state index in [1.54, 1.807) is 4.90 Å². The van der Waals surface area contributed by atoms with Crippen LogP contribution in [0.2, 0.25) is 0 Å². The Hall–Kier alpha value is -1.89. The largest absolute Gasteiger partial charge is 0.352 e. The molecule has 2 saturated heterocycles. The second-order valence-electron chi connectivity index (χ2n) is 6.94. The Bertz CT molecular complexity index is 733. The van der Waals surface area contributed by atoms with Crippen molar-refractivity contribution in [2.75, 3.05) is 24.6 Å². The SMILES string of the molecule is O=C(NC1CCS(=O)(=O)C1)C1CC(=O)N(CCCc2ccccc2)C1. The number of amides is 2. The summed E-state index contributed by atoms with van der Waals surface area (Å²) in [6, 6.07) is 9.81. The minimum Gasteiger partial charge on any atom is -0.352 e. The van der Waals surface area contributed by atoms with Crippen molar-refractivity contribution in [2.24, 2.45) is 5.92 Å². The molecule has 2 fully saturated rings. The van der Waals surface area contributed by atoms with Gasteiger partial charge in [0.2, 0.25) is 11.8 Å². The van der Waals surface area contributed by atoms with E-state index < -0.39 is 9.84 Å². The molecule has 0 aromatic heterocycles. The average Bonchev–Trinajstić information content (AvgIpc) is 3.11. The predicted molar refractivity (Wildman–Crippen MR) is 94.7 cm³/mol. The number of benzene rings is 1. The van der Waals surface area contributed by atoms with Gasteiger partial charge in [-0.3, -0.25) is 9.59 Å². The van der Waals surface area contributed by atoms with Crippen LogP contribution in [0.15, 0.2) is 30.3 Å². The monoisotopic (exact) mass is 364 g/mol. The Balaban J connectivity index is 1.44. The van der Waals surface area contributed by atoms with Crippen molar-refractivity contribution in [1.29, 1.82) is 0 Å². The van der Waals surface area contributed by atoms with E-state index in [-0.39, 0.29) is 41.7 Å². The maximum absolute atomic E-state index is 12.3. The zero-order valence-corrected chi connectivity index (χ0v) is 15.0. The smallest absolute Gasteiger partial charge is 0.225 e. The molecular weight excluding hydrogens is 340 g/mol. The van der Waals surface area contributed by atoms with Gasteiger partial charge in [0, 0.05) is 25.6 Å². The summed E-state index contributed by atoms with van der Waals surface area (Å²) in [5, 5.41) is 2.80. The molecule has 0 radical (unpaired) electrons. The van der Waals surface area contributed by atoms with Crippen LogP contribution in [0.1, 0.15) is 24.8 Å². The average molecular weight is 364 g/mol. The molecule has 2 heterocycles. The van der Waals surface area contributed by atoms with E-state index in [0.29, 0.717) is 19.5 Å². The van der Waals surface area contributed by atoms with Crippen molar-refractivity contribution in [3.63, 3.8) is 0 Å². The van der Waals surface area contributed by atoms with E-state index in [2.05, 4.69) is 17.4 Å². The molecule has 0 bridgehead atoms. The number of hydrogen-bond acceptors (Lipinski definition) is 4. The molecule has 25 heavy (non-hydrogen) atoms. The Morgan fingerprint density at radius 3 is 2.68 bits per heavy atom. The fourth-order valence-electron chi connectivity index (χ4n) is 3.51. The maximum Gasteiger partial charge on any atom is 0.225 e. The number of carbonyl (C=O) groups excluding carboxylic acids is 2. The summed E-state index contributed by atoms with van der Waals surface area (Å²) in [7, 11) is -3.02. The fourth-order valence-corrected chi connectivity index (χ4v) is 5.18. The molecule has 2 aliphatic heterocycles. The number of rotatable bonds is 6. The normalized spacial score (nSPS) is 25.3. The van der Waals surface area contributed by atoms with Crippen LogP contribution in [0.25, 0.3) is 0 Å². The molecule has 0 aliphatic carbocycles. The number of nitrogens with zero attached hydrogens (tertiary/aromatic N) is 1. The van der Waals surface area contributed by atoms with Crippen molar-refractivity contribution < 1.29 is 18.0 Å². The number of likely N-dealkylation sites (tertiary alicyclic amines) is 1. The van der Waals surface area contributed by atoms with Crippen LogP contribution >= 0.6 is 0 Å². The number of sulfone groups is 1. The Morgan fingerprint density at radius 1 is 1.24 bits per heavy atom. The molecule has 1 aromatic carbocycles. The highest BCUT2D eigenvalue weighted by Crippen LogP contribution is 2.20. The van der Waals surface area contributed by atoms with E-state index in [9.17, 15) is 18.0 Å². The van der Waals surface area contributed by atoms with Crippen LogP contribution in [-0.4, -0.2) is 55.8 Å². The van der Waals surface area contributed by atoms with Gasteiger partial charge in [0.1, 0.15) is 0 Å². The van der Waals surface area contributed by atoms with Crippen molar-refractivity contribution >= 4 is 21.7 Å². The topological polar surface area (TPSA) is 83.5 Å². The van der Waals surface area contributed by atoms with Crippen molar-refractivity contribution in [3.05, 3.63) is 35.9 Å². The molecule has 136 valence electrons. The highest BCUT2D eigenvalue weighted by Gasteiger charge is 2.36. The molecule has 2 unspecified atom stereocenters. The second-order valence-corrected chi connectivity index (χ2v) is 9.17. The highest BCUT2D eigenvalue weighted by atomic mass is 32.2. The first-order valence-electron chi connectivity index (χ1n) is 8.75. The summed E-state index contributed by atoms with van der Waals surface area (Å²) in [4.78, 5) is 26.2. The van der Waals surface area contributed by atoms with Gasteiger partial charge in [-0.05, 0) is 24.8 Å². The van der Waals surface area contributed by atoms with Gasteiger partial charge in [-0.2, -0.15) is 0 Å². The molecule has 1 aromatic rings. The highest BCUT2D eigenvalue weighted by molar-refractivity contribution is 7.91. The van der Waals surface area contributed by atoms with Crippen molar-refractivity contribution in [3.8, 4) is 0 Å². The number of nitrogens with one attached hydrogen (secondary N) is 1. The summed E-state index contributed by atoms with van der Waals surface area (Å²) in [6.45, 7) is 1.08. The summed E-state index contributed by atoms with van der Waals surface area (Å²) < 4.78 is 22.9. The number of hydrogen-bond donors (Lipinski definition) is 1. The molecule has 0 saturated carbocycles. The summed E-state index contributed by atoms with van der Waals surface area (Å²) in [5.41, 5.74) is 1.24. The maximum atomic E-state index is 12.3. The van der Waals surface area contributed by atoms with Crippen LogP contribution in [0.4, 0.5) is 0 Å². The lowest BCUT2D eigenvalue weighted by molar-refractivity contribution is -0.129. The van der Waals surface area contributed by atoms with Gasteiger partial charge >= 0.3 is 0 Å². The van der Waals surface area contributed by atoms with Crippen LogP contribution in [0.3, 0.4) is 0 Å². The third-order valence-corrected chi connectivity index (χ3v) is 6.67. The summed E-state index contributed by atoms with van der Waals surface area (Å²) in [6.07, 6.45) is 2.46. The van der Waals surface area contributed by atoms with Crippen molar-refractivity contribution in [1.82, 2.24) is 10.2 Å². The number of aryl methyl sites for hydroxylation is 1. The summed E-state index contributed by atoms with van der Waals surface area (Å²) >= 11 is 0. The van der Waals surface area contributed by atoms with Crippen LogP contribution in [0.5, 0.6) is 0 Å². The predicted octanol–water partition coefficient (Wildman–Crippen LogP) is 0.771. The molecule has 2 amide bonds. The van der Waals surface area contributed by atoms with Gasteiger partial charge in [-0.25, -0.2) is 8.42 Å². The standard InChI is InChI=1S/C18H24N2O4S/c21-17-11-15(18(22)19-16-8-10-25(23,24)13-16)12-20(17)9-4-7-14-5-2-1-3-6-14/h1-3,5-6,15-16H,4,7-13H2,(H,19,22). The molecule has 3 rings (SSSR count). The van der Waals surface area contributed by atoms with Gasteiger partial charge in [0.25, 0.3) is 0 Å². The minimum atomic E-state index is -3.02. The molecule has 2 aliphatic rings. The lowest BCUT2D eigenvalue weighted by Gasteiger charge is -2.17. The van der Waals surface area contributed by atoms with Gasteiger partial charge in [-0.15, -0.1) is 0 Å².